The van der Waals surface area contributed by atoms with Gasteiger partial charge in [0.2, 0.25) is 5.91 Å². The van der Waals surface area contributed by atoms with Gasteiger partial charge in [-0.2, -0.15) is 0 Å². The largest absolute Gasteiger partial charge is 0.493 e. The fraction of sp³-hybridized carbons (Fsp3) is 0.200. The van der Waals surface area contributed by atoms with E-state index in [-0.39, 0.29) is 17.4 Å². The minimum Gasteiger partial charge on any atom is -0.493 e. The van der Waals surface area contributed by atoms with Crippen LogP contribution in [0.1, 0.15) is 13.3 Å². The monoisotopic (exact) mass is 414 g/mol. The van der Waals surface area contributed by atoms with E-state index in [9.17, 15) is 14.0 Å². The summed E-state index contributed by atoms with van der Waals surface area (Å²) in [7, 11) is 0. The molecule has 0 saturated carbocycles. The Hall–Kier alpha value is -3.20. The van der Waals surface area contributed by atoms with Crippen LogP contribution in [0, 0.1) is 5.82 Å². The lowest BCUT2D eigenvalue weighted by molar-refractivity contribution is -0.115. The third-order valence-corrected chi connectivity index (χ3v) is 4.69. The van der Waals surface area contributed by atoms with Crippen molar-refractivity contribution in [3.05, 3.63) is 64.7 Å². The molecule has 29 heavy (non-hydrogen) atoms. The zero-order chi connectivity index (χ0) is 20.6. The molecule has 9 heteroatoms. The molecule has 3 rings (SSSR count). The van der Waals surface area contributed by atoms with Gasteiger partial charge < -0.3 is 10.1 Å². The van der Waals surface area contributed by atoms with E-state index in [1.165, 1.54) is 23.9 Å². The molecule has 0 unspecified atom stereocenters. The number of para-hydroxylation sites is 1. The molecule has 0 aliphatic heterocycles. The van der Waals surface area contributed by atoms with Gasteiger partial charge in [0, 0.05) is 17.7 Å². The summed E-state index contributed by atoms with van der Waals surface area (Å²) in [6.07, 6.45) is 0.325. The Balaban J connectivity index is 1.64. The van der Waals surface area contributed by atoms with E-state index in [0.717, 1.165) is 0 Å². The predicted molar refractivity (Wildman–Crippen MR) is 110 cm³/mol. The van der Waals surface area contributed by atoms with E-state index in [4.69, 9.17) is 4.74 Å². The van der Waals surface area contributed by atoms with Crippen LogP contribution in [0.4, 0.5) is 10.1 Å². The second-order valence-electron chi connectivity index (χ2n) is 5.91. The molecule has 0 spiro atoms. The molecule has 1 heterocycles. The molecule has 0 atom stereocenters. The Morgan fingerprint density at radius 1 is 1.17 bits per heavy atom. The molecule has 150 valence electrons. The summed E-state index contributed by atoms with van der Waals surface area (Å²) >= 11 is 1.28. The van der Waals surface area contributed by atoms with E-state index in [1.807, 2.05) is 0 Å². The number of rotatable bonds is 8. The molecule has 1 amide bonds. The van der Waals surface area contributed by atoms with Crippen LogP contribution in [-0.4, -0.2) is 33.4 Å². The van der Waals surface area contributed by atoms with E-state index in [1.54, 1.807) is 43.3 Å². The molecular weight excluding hydrogens is 395 g/mol. The van der Waals surface area contributed by atoms with Gasteiger partial charge in [-0.1, -0.05) is 36.9 Å². The van der Waals surface area contributed by atoms with Crippen molar-refractivity contribution in [2.45, 2.75) is 18.5 Å². The highest BCUT2D eigenvalue weighted by Crippen LogP contribution is 2.24. The van der Waals surface area contributed by atoms with Gasteiger partial charge in [-0.25, -0.2) is 4.39 Å². The van der Waals surface area contributed by atoms with Crippen molar-refractivity contribution in [1.29, 1.82) is 0 Å². The van der Waals surface area contributed by atoms with Crippen molar-refractivity contribution in [3.63, 3.8) is 0 Å². The van der Waals surface area contributed by atoms with Crippen LogP contribution in [0.15, 0.2) is 58.5 Å². The normalized spacial score (nSPS) is 10.6. The first-order chi connectivity index (χ1) is 14.1. The molecule has 3 aromatic rings. The fourth-order valence-electron chi connectivity index (χ4n) is 2.43. The number of H-pyrrole nitrogens is 1. The van der Waals surface area contributed by atoms with Crippen LogP contribution in [0.5, 0.6) is 5.75 Å². The summed E-state index contributed by atoms with van der Waals surface area (Å²) < 4.78 is 18.4. The summed E-state index contributed by atoms with van der Waals surface area (Å²) in [5, 5.41) is 11.2. The van der Waals surface area contributed by atoms with Gasteiger partial charge >= 0.3 is 0 Å². The number of nitrogens with one attached hydrogen (secondary N) is 2. The van der Waals surface area contributed by atoms with E-state index in [2.05, 4.69) is 20.5 Å². The topological polar surface area (TPSA) is 97.0 Å². The molecule has 0 fully saturated rings. The summed E-state index contributed by atoms with van der Waals surface area (Å²) in [5.41, 5.74) is 0.732. The maximum Gasteiger partial charge on any atom is 0.278 e. The molecule has 7 nitrogen and oxygen atoms in total. The first-order valence-corrected chi connectivity index (χ1v) is 9.93. The Labute approximate surface area is 170 Å². The quantitative estimate of drug-likeness (QED) is 0.433. The number of anilines is 1. The smallest absolute Gasteiger partial charge is 0.278 e. The highest BCUT2D eigenvalue weighted by molar-refractivity contribution is 7.99. The SMILES string of the molecule is CCC(=O)Nc1ccccc1-c1nnc(SCCOc2ccc(F)cc2)[nH]c1=O. The maximum atomic E-state index is 12.9. The number of carbonyl (C=O) groups excluding carboxylic acids is 1. The molecule has 0 aliphatic rings. The Kier molecular flexibility index (Phi) is 6.96. The van der Waals surface area contributed by atoms with E-state index in [0.29, 0.717) is 40.9 Å². The second kappa shape index (κ2) is 9.83. The number of hydrogen-bond donors (Lipinski definition) is 2. The fourth-order valence-corrected chi connectivity index (χ4v) is 3.05. The average Bonchev–Trinajstić information content (AvgIpc) is 2.73. The molecule has 2 N–H and O–H groups in total. The standard InChI is InChI=1S/C20H19FN4O3S/c1-2-17(26)22-16-6-4-3-5-15(16)18-19(27)23-20(25-24-18)29-12-11-28-14-9-7-13(21)8-10-14/h3-10H,2,11-12H2,1H3,(H,22,26)(H,23,25,27). The first-order valence-electron chi connectivity index (χ1n) is 8.94. The van der Waals surface area contributed by atoms with Crippen LogP contribution < -0.4 is 15.6 Å². The number of ether oxygens (including phenoxy) is 1. The van der Waals surface area contributed by atoms with E-state index >= 15 is 0 Å². The van der Waals surface area contributed by atoms with Crippen molar-refractivity contribution in [2.24, 2.45) is 0 Å². The van der Waals surface area contributed by atoms with Gasteiger partial charge in [-0.05, 0) is 30.3 Å². The van der Waals surface area contributed by atoms with Gasteiger partial charge in [0.05, 0.1) is 12.3 Å². The van der Waals surface area contributed by atoms with Crippen molar-refractivity contribution < 1.29 is 13.9 Å². The highest BCUT2D eigenvalue weighted by atomic mass is 32.2. The number of aromatic amines is 1. The lowest BCUT2D eigenvalue weighted by Gasteiger charge is -2.09. The number of thioether (sulfide) groups is 1. The third-order valence-electron chi connectivity index (χ3n) is 3.86. The van der Waals surface area contributed by atoms with Crippen LogP contribution in [0.3, 0.4) is 0 Å². The van der Waals surface area contributed by atoms with E-state index < -0.39 is 5.56 Å². The van der Waals surface area contributed by atoms with Gasteiger partial charge in [0.1, 0.15) is 11.6 Å². The number of carbonyl (C=O) groups is 1. The zero-order valence-corrected chi connectivity index (χ0v) is 16.5. The molecule has 0 saturated heterocycles. The molecular formula is C20H19FN4O3S. The summed E-state index contributed by atoms with van der Waals surface area (Å²) in [6.45, 7) is 2.10. The average molecular weight is 414 g/mol. The minimum atomic E-state index is -0.403. The number of benzene rings is 2. The van der Waals surface area contributed by atoms with Crippen molar-refractivity contribution in [2.75, 3.05) is 17.7 Å². The van der Waals surface area contributed by atoms with Gasteiger partial charge in [0.15, 0.2) is 10.9 Å². The lowest BCUT2D eigenvalue weighted by Crippen LogP contribution is -2.17. The van der Waals surface area contributed by atoms with Gasteiger partial charge in [0.25, 0.3) is 5.56 Å². The summed E-state index contributed by atoms with van der Waals surface area (Å²) in [5.74, 6) is 0.600. The number of aromatic nitrogens is 3. The minimum absolute atomic E-state index is 0.129. The van der Waals surface area contributed by atoms with Crippen LogP contribution in [0.2, 0.25) is 0 Å². The summed E-state index contributed by atoms with van der Waals surface area (Å²) in [4.78, 5) is 26.9. The third kappa shape index (κ3) is 5.64. The Morgan fingerprint density at radius 2 is 1.93 bits per heavy atom. The Bertz CT molecular complexity index is 1040. The first kappa shape index (κ1) is 20.5. The van der Waals surface area contributed by atoms with Crippen molar-refractivity contribution in [1.82, 2.24) is 15.2 Å². The van der Waals surface area contributed by atoms with Gasteiger partial charge in [-0.15, -0.1) is 10.2 Å². The molecule has 2 aromatic carbocycles. The van der Waals surface area contributed by atoms with Crippen molar-refractivity contribution in [3.8, 4) is 17.0 Å². The number of nitrogens with zero attached hydrogens (tertiary/aromatic N) is 2. The Morgan fingerprint density at radius 3 is 2.66 bits per heavy atom. The molecule has 0 aliphatic carbocycles. The van der Waals surface area contributed by atoms with Crippen LogP contribution >= 0.6 is 11.8 Å². The van der Waals surface area contributed by atoms with Crippen molar-refractivity contribution >= 4 is 23.4 Å². The second-order valence-corrected chi connectivity index (χ2v) is 6.99. The van der Waals surface area contributed by atoms with Crippen LogP contribution in [-0.2, 0) is 4.79 Å². The molecule has 1 aromatic heterocycles. The predicted octanol–water partition coefficient (Wildman–Crippen LogP) is 3.49. The van der Waals surface area contributed by atoms with Gasteiger partial charge in [-0.3, -0.25) is 14.6 Å². The number of halogens is 1. The molecule has 0 radical (unpaired) electrons. The lowest BCUT2D eigenvalue weighted by atomic mass is 10.1. The maximum absolute atomic E-state index is 12.9. The summed E-state index contributed by atoms with van der Waals surface area (Å²) in [6, 6.07) is 12.7. The zero-order valence-electron chi connectivity index (χ0n) is 15.6. The van der Waals surface area contributed by atoms with Crippen LogP contribution in [0.25, 0.3) is 11.3 Å². The number of amides is 1. The highest BCUT2D eigenvalue weighted by Gasteiger charge is 2.13. The molecule has 0 bridgehead atoms. The number of hydrogen-bond acceptors (Lipinski definition) is 6.